The maximum atomic E-state index is 12.5. The molecule has 0 spiro atoms. The van der Waals surface area contributed by atoms with E-state index in [0.717, 1.165) is 89.9 Å². The zero-order valence-corrected chi connectivity index (χ0v) is 46.0. The van der Waals surface area contributed by atoms with Gasteiger partial charge in [0.15, 0.2) is 0 Å². The van der Waals surface area contributed by atoms with Gasteiger partial charge in [0.05, 0.1) is 25.4 Å². The fourth-order valence-corrected chi connectivity index (χ4v) is 9.13. The van der Waals surface area contributed by atoms with Gasteiger partial charge in [0.2, 0.25) is 5.91 Å². The Labute approximate surface area is 429 Å². The van der Waals surface area contributed by atoms with Crippen molar-refractivity contribution >= 4 is 11.9 Å². The molecule has 0 aliphatic carbocycles. The van der Waals surface area contributed by atoms with Crippen molar-refractivity contribution in [2.75, 3.05) is 13.2 Å². The molecule has 0 saturated heterocycles. The molecule has 6 heteroatoms. The Morgan fingerprint density at radius 3 is 1.14 bits per heavy atom. The van der Waals surface area contributed by atoms with Crippen LogP contribution in [0.25, 0.3) is 0 Å². The van der Waals surface area contributed by atoms with Crippen molar-refractivity contribution in [3.63, 3.8) is 0 Å². The zero-order chi connectivity index (χ0) is 50.0. The highest BCUT2D eigenvalue weighted by atomic mass is 16.5. The van der Waals surface area contributed by atoms with Gasteiger partial charge in [0.25, 0.3) is 0 Å². The predicted molar refractivity (Wildman–Crippen MR) is 301 cm³/mol. The van der Waals surface area contributed by atoms with Gasteiger partial charge in [-0.2, -0.15) is 0 Å². The lowest BCUT2D eigenvalue weighted by atomic mass is 10.0. The summed E-state index contributed by atoms with van der Waals surface area (Å²) >= 11 is 0. The van der Waals surface area contributed by atoms with Crippen LogP contribution in [0.1, 0.15) is 316 Å². The molecular weight excluding hydrogens is 851 g/mol. The summed E-state index contributed by atoms with van der Waals surface area (Å²) in [4.78, 5) is 24.6. The second-order valence-corrected chi connectivity index (χ2v) is 20.7. The van der Waals surface area contributed by atoms with E-state index in [-0.39, 0.29) is 18.5 Å². The summed E-state index contributed by atoms with van der Waals surface area (Å²) in [5.41, 5.74) is 0. The van der Waals surface area contributed by atoms with Gasteiger partial charge in [0, 0.05) is 12.8 Å². The molecule has 0 aromatic rings. The number of esters is 1. The first-order valence-corrected chi connectivity index (χ1v) is 30.4. The predicted octanol–water partition coefficient (Wildman–Crippen LogP) is 19.0. The second-order valence-electron chi connectivity index (χ2n) is 20.7. The first-order valence-electron chi connectivity index (χ1n) is 30.4. The van der Waals surface area contributed by atoms with Gasteiger partial charge in [-0.05, 0) is 89.9 Å². The van der Waals surface area contributed by atoms with Crippen LogP contribution < -0.4 is 5.32 Å². The Bertz CT molecular complexity index is 1160. The minimum absolute atomic E-state index is 0.0366. The molecule has 0 rings (SSSR count). The Morgan fingerprint density at radius 1 is 0.406 bits per heavy atom. The molecule has 0 aliphatic heterocycles. The quantitative estimate of drug-likeness (QED) is 0.0321. The average molecular weight is 969 g/mol. The molecule has 404 valence electrons. The first-order chi connectivity index (χ1) is 34.0. The molecule has 69 heavy (non-hydrogen) atoms. The first kappa shape index (κ1) is 66.8. The average Bonchev–Trinajstić information content (AvgIpc) is 3.35. The summed E-state index contributed by atoms with van der Waals surface area (Å²) in [6.45, 7) is 4.81. The number of unbranched alkanes of at least 4 members (excludes halogenated alkanes) is 39. The normalized spacial score (nSPS) is 12.9. The summed E-state index contributed by atoms with van der Waals surface area (Å²) in [6.07, 6.45) is 74.3. The van der Waals surface area contributed by atoms with Crippen LogP contribution in [0, 0.1) is 0 Å². The molecule has 2 unspecified atom stereocenters. The number of rotatable bonds is 56. The molecule has 6 nitrogen and oxygen atoms in total. The van der Waals surface area contributed by atoms with Crippen molar-refractivity contribution in [1.82, 2.24) is 5.32 Å². The number of carbonyl (C=O) groups excluding carboxylic acids is 2. The summed E-state index contributed by atoms with van der Waals surface area (Å²) in [5, 5.41) is 23.2. The van der Waals surface area contributed by atoms with Crippen molar-refractivity contribution < 1.29 is 24.5 Å². The van der Waals surface area contributed by atoms with Gasteiger partial charge >= 0.3 is 5.97 Å². The molecule has 1 amide bonds. The summed E-state index contributed by atoms with van der Waals surface area (Å²) in [7, 11) is 0. The Hall–Kier alpha value is -2.18. The van der Waals surface area contributed by atoms with Crippen LogP contribution >= 0.6 is 0 Å². The lowest BCUT2D eigenvalue weighted by molar-refractivity contribution is -0.143. The molecular formula is C63H117NO5. The lowest BCUT2D eigenvalue weighted by Crippen LogP contribution is -2.45. The smallest absolute Gasteiger partial charge is 0.305 e. The van der Waals surface area contributed by atoms with E-state index in [1.807, 2.05) is 6.08 Å². The third-order valence-corrected chi connectivity index (χ3v) is 13.8. The van der Waals surface area contributed by atoms with Gasteiger partial charge in [0.1, 0.15) is 0 Å². The van der Waals surface area contributed by atoms with Crippen LogP contribution in [-0.4, -0.2) is 47.4 Å². The van der Waals surface area contributed by atoms with E-state index in [9.17, 15) is 19.8 Å². The molecule has 0 aliphatic rings. The minimum Gasteiger partial charge on any atom is -0.466 e. The number of allylic oxidation sites excluding steroid dienone is 7. The van der Waals surface area contributed by atoms with Crippen molar-refractivity contribution in [3.8, 4) is 0 Å². The van der Waals surface area contributed by atoms with Crippen LogP contribution in [0.5, 0.6) is 0 Å². The van der Waals surface area contributed by atoms with E-state index < -0.39 is 12.1 Å². The number of aliphatic hydroxyl groups is 2. The highest BCUT2D eigenvalue weighted by Crippen LogP contribution is 2.17. The molecule has 2 atom stereocenters. The van der Waals surface area contributed by atoms with E-state index in [1.54, 1.807) is 6.08 Å². The number of aliphatic hydroxyl groups excluding tert-OH is 2. The molecule has 0 saturated carbocycles. The standard InChI is InChI=1S/C63H117NO5/c1-3-5-7-9-11-13-15-17-19-21-23-24-25-27-28-30-32-35-39-43-47-51-55-61(66)60(59-65)64-62(67)56-52-48-44-40-36-34-38-42-46-50-54-58-69-63(68)57-53-49-45-41-37-33-31-29-26-22-20-18-16-14-12-10-8-6-4-2/h12,14,18,20,38,42,51,55,60-61,65-66H,3-11,13,15-17,19,21-37,39-41,43-50,52-54,56-59H2,1-2H3,(H,64,67)/b14-12-,20-18-,42-38-,55-51+. The van der Waals surface area contributed by atoms with Crippen LogP contribution in [0.2, 0.25) is 0 Å². The van der Waals surface area contributed by atoms with E-state index in [2.05, 4.69) is 55.6 Å². The highest BCUT2D eigenvalue weighted by molar-refractivity contribution is 5.76. The van der Waals surface area contributed by atoms with Gasteiger partial charge in [-0.25, -0.2) is 0 Å². The van der Waals surface area contributed by atoms with Crippen molar-refractivity contribution in [3.05, 3.63) is 48.6 Å². The molecule has 0 heterocycles. The number of amides is 1. The number of nitrogens with one attached hydrogen (secondary N) is 1. The Kier molecular flexibility index (Phi) is 56.5. The van der Waals surface area contributed by atoms with E-state index in [1.165, 1.54) is 199 Å². The molecule has 0 aromatic carbocycles. The second kappa shape index (κ2) is 58.4. The molecule has 0 radical (unpaired) electrons. The van der Waals surface area contributed by atoms with Crippen molar-refractivity contribution in [1.29, 1.82) is 0 Å². The van der Waals surface area contributed by atoms with Gasteiger partial charge < -0.3 is 20.3 Å². The third kappa shape index (κ3) is 55.0. The van der Waals surface area contributed by atoms with Gasteiger partial charge in [-0.1, -0.05) is 262 Å². The number of hydrogen-bond acceptors (Lipinski definition) is 5. The number of hydrogen-bond donors (Lipinski definition) is 3. The summed E-state index contributed by atoms with van der Waals surface area (Å²) in [5.74, 6) is -0.132. The fraction of sp³-hybridized carbons (Fsp3) is 0.841. The largest absolute Gasteiger partial charge is 0.466 e. The van der Waals surface area contributed by atoms with Gasteiger partial charge in [-0.3, -0.25) is 9.59 Å². The van der Waals surface area contributed by atoms with Crippen molar-refractivity contribution in [2.45, 2.75) is 328 Å². The zero-order valence-electron chi connectivity index (χ0n) is 46.0. The molecule has 3 N–H and O–H groups in total. The summed E-state index contributed by atoms with van der Waals surface area (Å²) < 4.78 is 5.46. The van der Waals surface area contributed by atoms with Crippen LogP contribution in [0.3, 0.4) is 0 Å². The Morgan fingerprint density at radius 2 is 0.725 bits per heavy atom. The molecule has 0 aromatic heterocycles. The van der Waals surface area contributed by atoms with Crippen LogP contribution in [0.15, 0.2) is 48.6 Å². The molecule has 0 bridgehead atoms. The Balaban J connectivity index is 3.53. The summed E-state index contributed by atoms with van der Waals surface area (Å²) in [6, 6.07) is -0.651. The number of ether oxygens (including phenoxy) is 1. The monoisotopic (exact) mass is 968 g/mol. The van der Waals surface area contributed by atoms with Crippen LogP contribution in [0.4, 0.5) is 0 Å². The highest BCUT2D eigenvalue weighted by Gasteiger charge is 2.18. The SMILES string of the molecule is CCCCC/C=C\C/C=C\CCCCCCCCCCCC(=O)OCCCC/C=C\CCCCCCCC(=O)NC(CO)C(O)/C=C/CCCCCCCCCCCCCCCCCCCCCC. The van der Waals surface area contributed by atoms with Crippen LogP contribution in [-0.2, 0) is 14.3 Å². The van der Waals surface area contributed by atoms with E-state index >= 15 is 0 Å². The van der Waals surface area contributed by atoms with E-state index in [0.29, 0.717) is 19.4 Å². The molecule has 0 fully saturated rings. The van der Waals surface area contributed by atoms with E-state index in [4.69, 9.17) is 4.74 Å². The topological polar surface area (TPSA) is 95.9 Å². The third-order valence-electron chi connectivity index (χ3n) is 13.8. The minimum atomic E-state index is -0.865. The maximum absolute atomic E-state index is 12.5. The fourth-order valence-electron chi connectivity index (χ4n) is 9.13. The number of carbonyl (C=O) groups is 2. The van der Waals surface area contributed by atoms with Gasteiger partial charge in [-0.15, -0.1) is 0 Å². The maximum Gasteiger partial charge on any atom is 0.305 e. The van der Waals surface area contributed by atoms with Crippen molar-refractivity contribution in [2.24, 2.45) is 0 Å². The lowest BCUT2D eigenvalue weighted by Gasteiger charge is -2.20.